The lowest BCUT2D eigenvalue weighted by molar-refractivity contribution is -0.131. The third kappa shape index (κ3) is 1.66. The summed E-state index contributed by atoms with van der Waals surface area (Å²) in [5.74, 6) is -0.695. The number of nitriles is 1. The Morgan fingerprint density at radius 2 is 2.22 bits per heavy atom. The van der Waals surface area contributed by atoms with E-state index in [1.165, 1.54) is 0 Å². The molecular weight excluding hydrogens is 236 g/mol. The molecule has 0 bridgehead atoms. The van der Waals surface area contributed by atoms with E-state index in [9.17, 15) is 14.9 Å². The van der Waals surface area contributed by atoms with Gasteiger partial charge in [-0.15, -0.1) is 0 Å². The van der Waals surface area contributed by atoms with E-state index in [0.29, 0.717) is 11.3 Å². The first kappa shape index (κ1) is 11.9. The van der Waals surface area contributed by atoms with Gasteiger partial charge >= 0.3 is 11.8 Å². The molecule has 0 fully saturated rings. The molecule has 1 N–H and O–H groups in total. The van der Waals surface area contributed by atoms with Crippen LogP contribution in [0.25, 0.3) is 0 Å². The molecule has 0 saturated carbocycles. The number of amides is 1. The summed E-state index contributed by atoms with van der Waals surface area (Å²) in [4.78, 5) is 23.2. The summed E-state index contributed by atoms with van der Waals surface area (Å²) >= 11 is 0. The van der Waals surface area contributed by atoms with Gasteiger partial charge in [0, 0.05) is 11.3 Å². The molecule has 0 saturated heterocycles. The van der Waals surface area contributed by atoms with E-state index in [-0.39, 0.29) is 6.61 Å². The Balaban J connectivity index is 2.41. The van der Waals surface area contributed by atoms with Gasteiger partial charge in [-0.25, -0.2) is 4.79 Å². The number of hydrogen-bond donors (Lipinski definition) is 1. The minimum atomic E-state index is -1.97. The van der Waals surface area contributed by atoms with E-state index in [4.69, 9.17) is 4.74 Å². The van der Waals surface area contributed by atoms with Gasteiger partial charge in [0.25, 0.3) is 5.91 Å². The smallest absolute Gasteiger partial charge is 0.435 e. The number of para-hydroxylation sites is 1. The van der Waals surface area contributed by atoms with Crippen LogP contribution >= 0.6 is 0 Å². The van der Waals surface area contributed by atoms with Crippen molar-refractivity contribution in [1.29, 1.82) is 5.26 Å². The van der Waals surface area contributed by atoms with Crippen LogP contribution in [0.3, 0.4) is 0 Å². The van der Waals surface area contributed by atoms with Gasteiger partial charge in [0.2, 0.25) is 0 Å². The summed E-state index contributed by atoms with van der Waals surface area (Å²) in [5, 5.41) is 11.7. The van der Waals surface area contributed by atoms with Crippen LogP contribution in [0, 0.1) is 11.3 Å². The molecule has 1 atom stereocenters. The highest BCUT2D eigenvalue weighted by Crippen LogP contribution is 2.38. The number of hydrogen-bond acceptors (Lipinski definition) is 5. The van der Waals surface area contributed by atoms with Crippen LogP contribution in [0.15, 0.2) is 24.3 Å². The maximum atomic E-state index is 11.9. The molecule has 0 aromatic heterocycles. The predicted molar refractivity (Wildman–Crippen MR) is 60.5 cm³/mol. The van der Waals surface area contributed by atoms with Gasteiger partial charge in [-0.1, -0.05) is 18.2 Å². The van der Waals surface area contributed by atoms with Crippen LogP contribution in [0.5, 0.6) is 0 Å². The van der Waals surface area contributed by atoms with Gasteiger partial charge in [0.15, 0.2) is 0 Å². The number of carbonyl (C=O) groups excluding carboxylic acids is 2. The molecule has 1 aliphatic heterocycles. The molecule has 1 aromatic rings. The second-order valence-corrected chi connectivity index (χ2v) is 3.58. The zero-order valence-electron chi connectivity index (χ0n) is 9.60. The van der Waals surface area contributed by atoms with Crippen molar-refractivity contribution in [2.24, 2.45) is 0 Å². The standard InChI is InChI=1S/C12H10N2O4/c1-2-17-11(16)18-12(7-13)8-5-3-4-6-9(8)14-10(12)15/h3-6H,2H2,1H3,(H,14,15)/t12-/m0/s1. The Kier molecular flexibility index (Phi) is 2.90. The van der Waals surface area contributed by atoms with Crippen LogP contribution < -0.4 is 5.32 Å². The lowest BCUT2D eigenvalue weighted by Gasteiger charge is -2.18. The summed E-state index contributed by atoms with van der Waals surface area (Å²) < 4.78 is 9.49. The number of nitrogens with zero attached hydrogens (tertiary/aromatic N) is 1. The molecular formula is C12H10N2O4. The largest absolute Gasteiger partial charge is 0.510 e. The molecule has 0 spiro atoms. The minimum absolute atomic E-state index is 0.101. The number of ether oxygens (including phenoxy) is 2. The van der Waals surface area contributed by atoms with Crippen LogP contribution in [-0.4, -0.2) is 18.7 Å². The van der Waals surface area contributed by atoms with Crippen molar-refractivity contribution in [3.8, 4) is 6.07 Å². The van der Waals surface area contributed by atoms with Crippen molar-refractivity contribution in [1.82, 2.24) is 0 Å². The van der Waals surface area contributed by atoms with Crippen LogP contribution in [0.1, 0.15) is 12.5 Å². The summed E-state index contributed by atoms with van der Waals surface area (Å²) in [7, 11) is 0. The van der Waals surface area contributed by atoms with E-state index in [2.05, 4.69) is 10.1 Å². The molecule has 6 nitrogen and oxygen atoms in total. The monoisotopic (exact) mass is 246 g/mol. The van der Waals surface area contributed by atoms with Gasteiger partial charge in [-0.3, -0.25) is 4.79 Å². The van der Waals surface area contributed by atoms with Crippen molar-refractivity contribution >= 4 is 17.7 Å². The molecule has 1 aliphatic rings. The van der Waals surface area contributed by atoms with Gasteiger partial charge < -0.3 is 14.8 Å². The first-order chi connectivity index (χ1) is 8.64. The highest BCUT2D eigenvalue weighted by Gasteiger charge is 2.51. The Hall–Kier alpha value is -2.55. The molecule has 0 radical (unpaired) electrons. The van der Waals surface area contributed by atoms with E-state index in [1.807, 2.05) is 0 Å². The SMILES string of the molecule is CCOC(=O)O[C@]1(C#N)C(=O)Nc2ccccc21. The second kappa shape index (κ2) is 4.37. The highest BCUT2D eigenvalue weighted by molar-refractivity contribution is 6.07. The lowest BCUT2D eigenvalue weighted by Crippen LogP contribution is -2.38. The molecule has 0 aliphatic carbocycles. The van der Waals surface area contributed by atoms with Gasteiger partial charge in [0.1, 0.15) is 6.07 Å². The lowest BCUT2D eigenvalue weighted by atomic mass is 9.97. The van der Waals surface area contributed by atoms with E-state index >= 15 is 0 Å². The summed E-state index contributed by atoms with van der Waals surface area (Å²) in [6, 6.07) is 8.27. The van der Waals surface area contributed by atoms with E-state index in [0.717, 1.165) is 0 Å². The van der Waals surface area contributed by atoms with Crippen molar-refractivity contribution < 1.29 is 19.1 Å². The first-order valence-corrected chi connectivity index (χ1v) is 5.32. The third-order valence-corrected chi connectivity index (χ3v) is 2.53. The Labute approximate surface area is 103 Å². The molecule has 2 rings (SSSR count). The topological polar surface area (TPSA) is 88.4 Å². The van der Waals surface area contributed by atoms with Gasteiger partial charge in [0.05, 0.1) is 6.61 Å². The molecule has 1 aromatic carbocycles. The fourth-order valence-electron chi connectivity index (χ4n) is 1.74. The molecule has 92 valence electrons. The predicted octanol–water partition coefficient (Wildman–Crippen LogP) is 1.53. The average Bonchev–Trinajstić information content (AvgIpc) is 2.63. The van der Waals surface area contributed by atoms with Crippen molar-refractivity contribution in [3.63, 3.8) is 0 Å². The van der Waals surface area contributed by atoms with Crippen molar-refractivity contribution in [2.75, 3.05) is 11.9 Å². The van der Waals surface area contributed by atoms with Crippen LogP contribution in [0.4, 0.5) is 10.5 Å². The fourth-order valence-corrected chi connectivity index (χ4v) is 1.74. The summed E-state index contributed by atoms with van der Waals surface area (Å²) in [6.45, 7) is 1.70. The second-order valence-electron chi connectivity index (χ2n) is 3.58. The number of rotatable bonds is 2. The third-order valence-electron chi connectivity index (χ3n) is 2.53. The van der Waals surface area contributed by atoms with Gasteiger partial charge in [-0.2, -0.15) is 5.26 Å². The number of benzene rings is 1. The molecule has 6 heteroatoms. The maximum Gasteiger partial charge on any atom is 0.510 e. The minimum Gasteiger partial charge on any atom is -0.435 e. The van der Waals surface area contributed by atoms with Crippen LogP contribution in [-0.2, 0) is 19.9 Å². The number of nitrogens with one attached hydrogen (secondary N) is 1. The number of anilines is 1. The Morgan fingerprint density at radius 1 is 1.50 bits per heavy atom. The first-order valence-electron chi connectivity index (χ1n) is 5.32. The summed E-state index contributed by atoms with van der Waals surface area (Å²) in [5.41, 5.74) is -1.21. The van der Waals surface area contributed by atoms with E-state index in [1.54, 1.807) is 37.3 Å². The molecule has 0 unspecified atom stereocenters. The molecule has 18 heavy (non-hydrogen) atoms. The molecule has 1 heterocycles. The zero-order valence-corrected chi connectivity index (χ0v) is 9.60. The average molecular weight is 246 g/mol. The van der Waals surface area contributed by atoms with Gasteiger partial charge in [-0.05, 0) is 13.0 Å². The molecule has 1 amide bonds. The Morgan fingerprint density at radius 3 is 2.89 bits per heavy atom. The number of fused-ring (bicyclic) bond motifs is 1. The van der Waals surface area contributed by atoms with Crippen LogP contribution in [0.2, 0.25) is 0 Å². The van der Waals surface area contributed by atoms with Crippen molar-refractivity contribution in [2.45, 2.75) is 12.5 Å². The normalized spacial score (nSPS) is 20.6. The maximum absolute atomic E-state index is 11.9. The van der Waals surface area contributed by atoms with E-state index < -0.39 is 17.7 Å². The van der Waals surface area contributed by atoms with Crippen molar-refractivity contribution in [3.05, 3.63) is 29.8 Å². The fraction of sp³-hybridized carbons (Fsp3) is 0.250. The Bertz CT molecular complexity index is 549. The summed E-state index contributed by atoms with van der Waals surface area (Å²) in [6.07, 6.45) is -1.05. The quantitative estimate of drug-likeness (QED) is 0.799. The zero-order chi connectivity index (χ0) is 13.2. The number of carbonyl (C=O) groups is 2. The highest BCUT2D eigenvalue weighted by atomic mass is 16.7.